The Labute approximate surface area is 172 Å². The van der Waals surface area contributed by atoms with Crippen molar-refractivity contribution >= 4 is 26.6 Å². The summed E-state index contributed by atoms with van der Waals surface area (Å²) in [7, 11) is -2.12. The van der Waals surface area contributed by atoms with Crippen LogP contribution < -0.4 is 4.72 Å². The number of hydrogen-bond donors (Lipinski definition) is 1. The molecule has 1 aromatic carbocycles. The number of aryl methyl sites for hydroxylation is 1. The number of sulfonamides is 1. The van der Waals surface area contributed by atoms with Gasteiger partial charge in [-0.2, -0.15) is 15.5 Å². The number of nitriles is 1. The smallest absolute Gasteiger partial charge is 0.265 e. The molecule has 0 amide bonds. The minimum atomic E-state index is -3.87. The topological polar surface area (TPSA) is 118 Å². The Kier molecular flexibility index (Phi) is 3.91. The first kappa shape index (κ1) is 18.3. The molecule has 1 aliphatic rings. The molecule has 5 rings (SSSR count). The average molecular weight is 419 g/mol. The number of anilines is 1. The zero-order valence-corrected chi connectivity index (χ0v) is 16.8. The monoisotopic (exact) mass is 419 g/mol. The summed E-state index contributed by atoms with van der Waals surface area (Å²) >= 11 is 0. The molecule has 0 unspecified atom stereocenters. The van der Waals surface area contributed by atoms with Crippen molar-refractivity contribution in [1.82, 2.24) is 24.5 Å². The molecule has 0 atom stereocenters. The maximum atomic E-state index is 12.9. The molecule has 0 bridgehead atoms. The second-order valence-electron chi connectivity index (χ2n) is 7.33. The highest BCUT2D eigenvalue weighted by molar-refractivity contribution is 7.92. The number of pyridine rings is 1. The molecule has 0 radical (unpaired) electrons. The lowest BCUT2D eigenvalue weighted by Gasteiger charge is -2.09. The van der Waals surface area contributed by atoms with Crippen LogP contribution in [0.5, 0.6) is 0 Å². The highest BCUT2D eigenvalue weighted by Gasteiger charge is 2.45. The Bertz CT molecular complexity index is 1420. The van der Waals surface area contributed by atoms with Gasteiger partial charge < -0.3 is 0 Å². The molecule has 1 aliphatic carbocycles. The van der Waals surface area contributed by atoms with Crippen LogP contribution in [0.25, 0.3) is 16.7 Å². The summed E-state index contributed by atoms with van der Waals surface area (Å²) in [6.07, 6.45) is 7.60. The molecule has 1 saturated carbocycles. The second-order valence-corrected chi connectivity index (χ2v) is 9.02. The number of nitrogens with one attached hydrogen (secondary N) is 1. The van der Waals surface area contributed by atoms with E-state index in [1.165, 1.54) is 17.1 Å². The van der Waals surface area contributed by atoms with E-state index in [-0.39, 0.29) is 4.90 Å². The molecule has 1 N–H and O–H groups in total. The van der Waals surface area contributed by atoms with Crippen LogP contribution in [0.1, 0.15) is 18.4 Å². The molecule has 3 heterocycles. The van der Waals surface area contributed by atoms with Crippen molar-refractivity contribution in [3.8, 4) is 11.9 Å². The van der Waals surface area contributed by atoms with Gasteiger partial charge in [-0.25, -0.2) is 18.1 Å². The van der Waals surface area contributed by atoms with E-state index in [2.05, 4.69) is 26.0 Å². The van der Waals surface area contributed by atoms with E-state index in [1.807, 2.05) is 12.1 Å². The third kappa shape index (κ3) is 2.91. The van der Waals surface area contributed by atoms with Crippen LogP contribution in [-0.4, -0.2) is 33.0 Å². The Morgan fingerprint density at radius 1 is 1.20 bits per heavy atom. The van der Waals surface area contributed by atoms with Gasteiger partial charge >= 0.3 is 0 Å². The van der Waals surface area contributed by atoms with Crippen molar-refractivity contribution in [3.05, 3.63) is 60.7 Å². The van der Waals surface area contributed by atoms with Gasteiger partial charge in [0.05, 0.1) is 41.3 Å². The van der Waals surface area contributed by atoms with Crippen molar-refractivity contribution < 1.29 is 8.42 Å². The van der Waals surface area contributed by atoms with Crippen LogP contribution in [0.4, 0.5) is 5.69 Å². The van der Waals surface area contributed by atoms with Gasteiger partial charge in [0.15, 0.2) is 5.82 Å². The fourth-order valence-corrected chi connectivity index (χ4v) is 4.52. The van der Waals surface area contributed by atoms with Crippen LogP contribution in [0.2, 0.25) is 0 Å². The lowest BCUT2D eigenvalue weighted by molar-refractivity contribution is 0.601. The molecule has 0 spiro atoms. The van der Waals surface area contributed by atoms with Crippen LogP contribution in [0.3, 0.4) is 0 Å². The number of para-hydroxylation sites is 1. The maximum absolute atomic E-state index is 12.9. The first-order chi connectivity index (χ1) is 14.4. The lowest BCUT2D eigenvalue weighted by atomic mass is 9.99. The van der Waals surface area contributed by atoms with Gasteiger partial charge in [0.1, 0.15) is 4.90 Å². The minimum Gasteiger partial charge on any atom is -0.277 e. The van der Waals surface area contributed by atoms with Gasteiger partial charge in [-0.05, 0) is 36.6 Å². The molecule has 0 saturated heterocycles. The van der Waals surface area contributed by atoms with E-state index in [9.17, 15) is 13.7 Å². The molecule has 4 aromatic rings. The summed E-state index contributed by atoms with van der Waals surface area (Å²) in [5.41, 5.74) is 1.54. The molecule has 3 aromatic heterocycles. The summed E-state index contributed by atoms with van der Waals surface area (Å²) in [5.74, 6) is 0.462. The summed E-state index contributed by atoms with van der Waals surface area (Å²) in [5, 5.41) is 18.6. The number of hydrogen-bond acceptors (Lipinski definition) is 6. The first-order valence-electron chi connectivity index (χ1n) is 9.28. The van der Waals surface area contributed by atoms with Crippen LogP contribution in [0.15, 0.2) is 60.0 Å². The normalized spacial score (nSPS) is 15.1. The summed E-state index contributed by atoms with van der Waals surface area (Å²) in [6, 6.07) is 11.3. The molecular formula is C20H17N7O2S. The molecule has 9 nitrogen and oxygen atoms in total. The SMILES string of the molecule is Cn1ncc2cccc(NS(=O)(=O)c3cnn(-c4cc(C5(C#N)CC5)ccn4)c3)c21. The third-order valence-corrected chi connectivity index (χ3v) is 6.69. The number of nitrogens with zero attached hydrogens (tertiary/aromatic N) is 6. The lowest BCUT2D eigenvalue weighted by Crippen LogP contribution is -2.13. The Morgan fingerprint density at radius 3 is 2.80 bits per heavy atom. The number of fused-ring (bicyclic) bond motifs is 1. The van der Waals surface area contributed by atoms with Gasteiger partial charge in [0.2, 0.25) is 0 Å². The fourth-order valence-electron chi connectivity index (χ4n) is 3.52. The van der Waals surface area contributed by atoms with Crippen molar-refractivity contribution in [1.29, 1.82) is 5.26 Å². The molecular weight excluding hydrogens is 402 g/mol. The van der Waals surface area contributed by atoms with Gasteiger partial charge in [-0.3, -0.25) is 9.40 Å². The highest BCUT2D eigenvalue weighted by atomic mass is 32.2. The average Bonchev–Trinajstić information content (AvgIpc) is 3.20. The van der Waals surface area contributed by atoms with Crippen molar-refractivity contribution in [2.24, 2.45) is 7.05 Å². The molecule has 30 heavy (non-hydrogen) atoms. The Hall–Kier alpha value is -3.71. The van der Waals surface area contributed by atoms with E-state index in [4.69, 9.17) is 0 Å². The quantitative estimate of drug-likeness (QED) is 0.531. The predicted molar refractivity (Wildman–Crippen MR) is 109 cm³/mol. The van der Waals surface area contributed by atoms with Crippen molar-refractivity contribution in [2.75, 3.05) is 4.72 Å². The molecule has 0 aliphatic heterocycles. The summed E-state index contributed by atoms with van der Waals surface area (Å²) in [6.45, 7) is 0. The standard InChI is InChI=1S/C20H17N7O2S/c1-26-19-14(10-23-26)3-2-4-17(19)25-30(28,29)16-11-24-27(12-16)18-9-15(5-8-22-18)20(13-21)6-7-20/h2-5,8-12,25H,6-7H2,1H3. The third-order valence-electron chi connectivity index (χ3n) is 5.37. The highest BCUT2D eigenvalue weighted by Crippen LogP contribution is 2.47. The molecule has 10 heteroatoms. The predicted octanol–water partition coefficient (Wildman–Crippen LogP) is 2.51. The zero-order chi connectivity index (χ0) is 20.9. The largest absolute Gasteiger partial charge is 0.277 e. The van der Waals surface area contributed by atoms with Crippen molar-refractivity contribution in [2.45, 2.75) is 23.2 Å². The van der Waals surface area contributed by atoms with Crippen molar-refractivity contribution in [3.63, 3.8) is 0 Å². The Balaban J connectivity index is 1.47. The number of rotatable bonds is 5. The maximum Gasteiger partial charge on any atom is 0.265 e. The van der Waals surface area contributed by atoms with E-state index < -0.39 is 15.4 Å². The van der Waals surface area contributed by atoms with Gasteiger partial charge in [-0.15, -0.1) is 0 Å². The molecule has 150 valence electrons. The summed E-state index contributed by atoms with van der Waals surface area (Å²) in [4.78, 5) is 4.28. The van der Waals surface area contributed by atoms with E-state index >= 15 is 0 Å². The second kappa shape index (κ2) is 6.40. The number of aromatic nitrogens is 5. The van der Waals surface area contributed by atoms with Gasteiger partial charge in [0.25, 0.3) is 10.0 Å². The summed E-state index contributed by atoms with van der Waals surface area (Å²) < 4.78 is 31.5. The minimum absolute atomic E-state index is 0.00953. The Morgan fingerprint density at radius 2 is 2.03 bits per heavy atom. The van der Waals surface area contributed by atoms with Gasteiger partial charge in [-0.1, -0.05) is 12.1 Å². The van der Waals surface area contributed by atoms with Gasteiger partial charge in [0, 0.05) is 18.6 Å². The van der Waals surface area contributed by atoms with Crippen LogP contribution in [0, 0.1) is 11.3 Å². The molecule has 1 fully saturated rings. The van der Waals surface area contributed by atoms with Crippen LogP contribution >= 0.6 is 0 Å². The first-order valence-corrected chi connectivity index (χ1v) is 10.8. The number of benzene rings is 1. The van der Waals surface area contributed by atoms with Crippen LogP contribution in [-0.2, 0) is 22.5 Å². The van der Waals surface area contributed by atoms with E-state index in [1.54, 1.807) is 42.3 Å². The zero-order valence-electron chi connectivity index (χ0n) is 16.0. The fraction of sp³-hybridized carbons (Fsp3) is 0.200. The van der Waals surface area contributed by atoms with E-state index in [0.29, 0.717) is 17.0 Å². The van der Waals surface area contributed by atoms with E-state index in [0.717, 1.165) is 23.8 Å².